The van der Waals surface area contributed by atoms with Crippen molar-refractivity contribution in [3.63, 3.8) is 0 Å². The minimum atomic E-state index is -0.823. The number of carbonyl (C=O) groups excluding carboxylic acids is 2. The summed E-state index contributed by atoms with van der Waals surface area (Å²) in [5.41, 5.74) is 2.47. The summed E-state index contributed by atoms with van der Waals surface area (Å²) in [7, 11) is 1.28. The van der Waals surface area contributed by atoms with E-state index in [9.17, 15) is 14.4 Å². The number of esters is 1. The van der Waals surface area contributed by atoms with Crippen LogP contribution >= 0.6 is 0 Å². The number of ether oxygens (including phenoxy) is 1. The van der Waals surface area contributed by atoms with Crippen molar-refractivity contribution in [1.82, 2.24) is 15.1 Å². The average Bonchev–Trinajstić information content (AvgIpc) is 2.92. The number of fused-ring (bicyclic) bond motifs is 1. The molecule has 1 aliphatic rings. The van der Waals surface area contributed by atoms with Crippen molar-refractivity contribution in [1.29, 1.82) is 0 Å². The first-order valence-electron chi connectivity index (χ1n) is 9.58. The zero-order valence-corrected chi connectivity index (χ0v) is 16.0. The van der Waals surface area contributed by atoms with Gasteiger partial charge in [0.05, 0.1) is 12.8 Å². The number of nitrogens with zero attached hydrogens (tertiary/aromatic N) is 2. The van der Waals surface area contributed by atoms with Crippen LogP contribution < -0.4 is 10.9 Å². The van der Waals surface area contributed by atoms with Crippen LogP contribution in [0, 0.1) is 0 Å². The summed E-state index contributed by atoms with van der Waals surface area (Å²) in [5.74, 6) is -0.978. The van der Waals surface area contributed by atoms with Gasteiger partial charge in [-0.05, 0) is 36.8 Å². The molecule has 0 bridgehead atoms. The van der Waals surface area contributed by atoms with E-state index in [0.29, 0.717) is 6.42 Å². The van der Waals surface area contributed by atoms with Gasteiger partial charge in [0.25, 0.3) is 5.56 Å². The number of rotatable bonds is 6. The van der Waals surface area contributed by atoms with Gasteiger partial charge in [-0.15, -0.1) is 0 Å². The number of hydrogen-bond acceptors (Lipinski definition) is 5. The van der Waals surface area contributed by atoms with Crippen LogP contribution in [-0.4, -0.2) is 34.8 Å². The lowest BCUT2D eigenvalue weighted by Gasteiger charge is -2.17. The van der Waals surface area contributed by atoms with Crippen LogP contribution in [0.5, 0.6) is 0 Å². The van der Waals surface area contributed by atoms with Crippen molar-refractivity contribution >= 4 is 11.9 Å². The molecule has 3 rings (SSSR count). The second-order valence-corrected chi connectivity index (χ2v) is 7.01. The average molecular weight is 383 g/mol. The van der Waals surface area contributed by atoms with Crippen molar-refractivity contribution in [2.75, 3.05) is 7.11 Å². The van der Waals surface area contributed by atoms with Crippen molar-refractivity contribution in [2.45, 2.75) is 51.1 Å². The molecule has 1 aromatic heterocycles. The predicted octanol–water partition coefficient (Wildman–Crippen LogP) is 1.41. The van der Waals surface area contributed by atoms with E-state index in [4.69, 9.17) is 4.74 Å². The van der Waals surface area contributed by atoms with Crippen LogP contribution in [0.4, 0.5) is 0 Å². The molecule has 1 amide bonds. The molecule has 1 aromatic carbocycles. The lowest BCUT2D eigenvalue weighted by molar-refractivity contribution is -0.145. The van der Waals surface area contributed by atoms with E-state index >= 15 is 0 Å². The fourth-order valence-electron chi connectivity index (χ4n) is 3.45. The lowest BCUT2D eigenvalue weighted by Crippen LogP contribution is -2.45. The Morgan fingerprint density at radius 1 is 1.18 bits per heavy atom. The summed E-state index contributed by atoms with van der Waals surface area (Å²) >= 11 is 0. The molecule has 1 atom stereocenters. The minimum absolute atomic E-state index is 0.228. The van der Waals surface area contributed by atoms with E-state index < -0.39 is 17.9 Å². The molecule has 7 nitrogen and oxygen atoms in total. The summed E-state index contributed by atoms with van der Waals surface area (Å²) in [6.45, 7) is -0.228. The van der Waals surface area contributed by atoms with Gasteiger partial charge < -0.3 is 10.1 Å². The van der Waals surface area contributed by atoms with Crippen LogP contribution in [0.1, 0.15) is 36.1 Å². The van der Waals surface area contributed by atoms with Crippen LogP contribution in [0.25, 0.3) is 0 Å². The number of aromatic nitrogens is 2. The standard InChI is InChI=1S/C21H25N3O4/c1-28-21(27)18(12-15-8-4-2-5-9-15)22-19(25)14-24-20(26)13-16-10-6-3-7-11-17(16)23-24/h2,4-5,8-9,13,18H,3,6-7,10-12,14H2,1H3,(H,22,25). The van der Waals surface area contributed by atoms with E-state index in [1.807, 2.05) is 30.3 Å². The van der Waals surface area contributed by atoms with E-state index in [-0.39, 0.29) is 12.1 Å². The smallest absolute Gasteiger partial charge is 0.328 e. The maximum Gasteiger partial charge on any atom is 0.328 e. The van der Waals surface area contributed by atoms with Crippen LogP contribution in [-0.2, 0) is 40.1 Å². The highest BCUT2D eigenvalue weighted by atomic mass is 16.5. The van der Waals surface area contributed by atoms with Gasteiger partial charge in [-0.2, -0.15) is 5.10 Å². The zero-order chi connectivity index (χ0) is 19.9. The van der Waals surface area contributed by atoms with Gasteiger partial charge in [-0.25, -0.2) is 9.48 Å². The molecule has 7 heteroatoms. The first-order valence-corrected chi connectivity index (χ1v) is 9.58. The fourth-order valence-corrected chi connectivity index (χ4v) is 3.45. The second-order valence-electron chi connectivity index (χ2n) is 7.01. The van der Waals surface area contributed by atoms with E-state index in [1.165, 1.54) is 11.8 Å². The Labute approximate surface area is 163 Å². The van der Waals surface area contributed by atoms with Gasteiger partial charge in [0.1, 0.15) is 12.6 Å². The Kier molecular flexibility index (Phi) is 6.57. The third kappa shape index (κ3) is 5.06. The van der Waals surface area contributed by atoms with Crippen LogP contribution in [0.15, 0.2) is 41.2 Å². The monoisotopic (exact) mass is 383 g/mol. The molecule has 148 valence electrons. The molecular weight excluding hydrogens is 358 g/mol. The van der Waals surface area contributed by atoms with E-state index in [1.54, 1.807) is 6.07 Å². The SMILES string of the molecule is COC(=O)C(Cc1ccccc1)NC(=O)Cn1nc2c(cc1=O)CCCCC2. The number of methoxy groups -OCH3 is 1. The zero-order valence-electron chi connectivity index (χ0n) is 16.0. The Hall–Kier alpha value is -2.96. The number of aryl methyl sites for hydroxylation is 2. The fraction of sp³-hybridized carbons (Fsp3) is 0.429. The van der Waals surface area contributed by atoms with Crippen molar-refractivity contribution in [3.05, 3.63) is 63.6 Å². The molecule has 0 radical (unpaired) electrons. The Morgan fingerprint density at radius 3 is 2.68 bits per heavy atom. The number of hydrogen-bond donors (Lipinski definition) is 1. The Balaban J connectivity index is 1.71. The molecule has 0 spiro atoms. The summed E-state index contributed by atoms with van der Waals surface area (Å²) in [4.78, 5) is 36.9. The molecule has 0 fully saturated rings. The first kappa shape index (κ1) is 19.8. The van der Waals surface area contributed by atoms with E-state index in [0.717, 1.165) is 48.9 Å². The largest absolute Gasteiger partial charge is 0.467 e. The maximum atomic E-state index is 12.5. The molecule has 1 N–H and O–H groups in total. The first-order chi connectivity index (χ1) is 13.6. The van der Waals surface area contributed by atoms with Crippen molar-refractivity contribution in [2.24, 2.45) is 0 Å². The molecule has 0 aliphatic heterocycles. The highest BCUT2D eigenvalue weighted by Gasteiger charge is 2.23. The lowest BCUT2D eigenvalue weighted by atomic mass is 10.1. The Morgan fingerprint density at radius 2 is 1.93 bits per heavy atom. The quantitative estimate of drug-likeness (QED) is 0.602. The van der Waals surface area contributed by atoms with Crippen molar-refractivity contribution in [3.8, 4) is 0 Å². The van der Waals surface area contributed by atoms with Gasteiger partial charge in [-0.1, -0.05) is 36.8 Å². The predicted molar refractivity (Wildman–Crippen MR) is 104 cm³/mol. The molecule has 1 heterocycles. The molecule has 28 heavy (non-hydrogen) atoms. The molecule has 1 aliphatic carbocycles. The minimum Gasteiger partial charge on any atom is -0.467 e. The number of amides is 1. The summed E-state index contributed by atoms with van der Waals surface area (Å²) in [6.07, 6.45) is 5.18. The highest BCUT2D eigenvalue weighted by Crippen LogP contribution is 2.16. The molecule has 0 saturated carbocycles. The summed E-state index contributed by atoms with van der Waals surface area (Å²) in [6, 6.07) is 10.1. The third-order valence-corrected chi connectivity index (χ3v) is 4.92. The molecule has 2 aromatic rings. The highest BCUT2D eigenvalue weighted by molar-refractivity contribution is 5.84. The summed E-state index contributed by atoms with van der Waals surface area (Å²) < 4.78 is 5.99. The number of carbonyl (C=O) groups is 2. The maximum absolute atomic E-state index is 12.5. The summed E-state index contributed by atoms with van der Waals surface area (Å²) in [5, 5.41) is 7.07. The van der Waals surface area contributed by atoms with Gasteiger partial charge in [-0.3, -0.25) is 9.59 Å². The normalized spacial score (nSPS) is 14.5. The Bertz CT molecular complexity index is 892. The van der Waals surface area contributed by atoms with Crippen molar-refractivity contribution < 1.29 is 14.3 Å². The number of nitrogens with one attached hydrogen (secondary N) is 1. The second kappa shape index (κ2) is 9.30. The third-order valence-electron chi connectivity index (χ3n) is 4.92. The molecule has 1 unspecified atom stereocenters. The van der Waals surface area contributed by atoms with Gasteiger partial charge in [0.15, 0.2) is 0 Å². The van der Waals surface area contributed by atoms with Gasteiger partial charge in [0.2, 0.25) is 5.91 Å². The molecular formula is C21H25N3O4. The van der Waals surface area contributed by atoms with Gasteiger partial charge >= 0.3 is 5.97 Å². The van der Waals surface area contributed by atoms with E-state index in [2.05, 4.69) is 10.4 Å². The van der Waals surface area contributed by atoms with Gasteiger partial charge in [0, 0.05) is 12.5 Å². The van der Waals surface area contributed by atoms with Crippen LogP contribution in [0.2, 0.25) is 0 Å². The molecule has 0 saturated heterocycles. The van der Waals surface area contributed by atoms with Crippen LogP contribution in [0.3, 0.4) is 0 Å². The number of benzene rings is 1. The topological polar surface area (TPSA) is 90.3 Å².